The summed E-state index contributed by atoms with van der Waals surface area (Å²) in [7, 11) is 3.04. The summed E-state index contributed by atoms with van der Waals surface area (Å²) in [5.41, 5.74) is 2.06. The van der Waals surface area contributed by atoms with Gasteiger partial charge in [0.05, 0.1) is 0 Å². The summed E-state index contributed by atoms with van der Waals surface area (Å²) in [6.45, 7) is 2.14. The van der Waals surface area contributed by atoms with Crippen LogP contribution in [0.15, 0.2) is 24.3 Å². The van der Waals surface area contributed by atoms with Crippen molar-refractivity contribution in [2.45, 2.75) is 32.2 Å². The highest BCUT2D eigenvalue weighted by Gasteiger charge is 2.19. The van der Waals surface area contributed by atoms with Gasteiger partial charge in [0.25, 0.3) is 0 Å². The van der Waals surface area contributed by atoms with E-state index in [1.54, 1.807) is 0 Å². The number of hydrogen-bond donors (Lipinski definition) is 1. The predicted octanol–water partition coefficient (Wildman–Crippen LogP) is 2.29. The molecule has 0 saturated carbocycles. The van der Waals surface area contributed by atoms with E-state index in [1.807, 2.05) is 18.2 Å². The molecular weight excluding hydrogens is 204 g/mol. The lowest BCUT2D eigenvalue weighted by Crippen LogP contribution is -2.22. The SMILES string of the molecule is CCCc1cccc(C(O)C(OC)OC)c1. The molecule has 0 heterocycles. The molecule has 3 heteroatoms. The Morgan fingerprint density at radius 2 is 1.94 bits per heavy atom. The van der Waals surface area contributed by atoms with E-state index in [2.05, 4.69) is 13.0 Å². The van der Waals surface area contributed by atoms with Crippen molar-refractivity contribution in [3.8, 4) is 0 Å². The van der Waals surface area contributed by atoms with E-state index in [0.717, 1.165) is 18.4 Å². The van der Waals surface area contributed by atoms with E-state index >= 15 is 0 Å². The number of aliphatic hydroxyl groups excluding tert-OH is 1. The largest absolute Gasteiger partial charge is 0.383 e. The van der Waals surface area contributed by atoms with Crippen molar-refractivity contribution in [3.63, 3.8) is 0 Å². The van der Waals surface area contributed by atoms with Crippen molar-refractivity contribution in [1.82, 2.24) is 0 Å². The van der Waals surface area contributed by atoms with Crippen LogP contribution in [0.2, 0.25) is 0 Å². The van der Waals surface area contributed by atoms with Gasteiger partial charge in [-0.1, -0.05) is 37.6 Å². The second-order valence-electron chi connectivity index (χ2n) is 3.78. The Hall–Kier alpha value is -0.900. The third-order valence-corrected chi connectivity index (χ3v) is 2.55. The zero-order valence-corrected chi connectivity index (χ0v) is 10.1. The zero-order valence-electron chi connectivity index (χ0n) is 10.1. The molecule has 1 atom stereocenters. The van der Waals surface area contributed by atoms with E-state index in [1.165, 1.54) is 19.8 Å². The van der Waals surface area contributed by atoms with Crippen LogP contribution in [0.4, 0.5) is 0 Å². The Bertz CT molecular complexity index is 308. The summed E-state index contributed by atoms with van der Waals surface area (Å²) in [5, 5.41) is 10.0. The Balaban J connectivity index is 2.81. The molecule has 0 aliphatic heterocycles. The van der Waals surface area contributed by atoms with E-state index in [0.29, 0.717) is 0 Å². The highest BCUT2D eigenvalue weighted by molar-refractivity contribution is 5.25. The van der Waals surface area contributed by atoms with Crippen LogP contribution in [0.3, 0.4) is 0 Å². The van der Waals surface area contributed by atoms with Gasteiger partial charge in [-0.15, -0.1) is 0 Å². The average Bonchev–Trinajstić information content (AvgIpc) is 2.31. The van der Waals surface area contributed by atoms with Crippen molar-refractivity contribution in [1.29, 1.82) is 0 Å². The third-order valence-electron chi connectivity index (χ3n) is 2.55. The quantitative estimate of drug-likeness (QED) is 0.753. The smallest absolute Gasteiger partial charge is 0.187 e. The Kier molecular flexibility index (Phi) is 5.46. The van der Waals surface area contributed by atoms with Crippen molar-refractivity contribution in [3.05, 3.63) is 35.4 Å². The van der Waals surface area contributed by atoms with Gasteiger partial charge in [-0.2, -0.15) is 0 Å². The third kappa shape index (κ3) is 3.30. The van der Waals surface area contributed by atoms with E-state index in [9.17, 15) is 5.11 Å². The first-order valence-corrected chi connectivity index (χ1v) is 5.55. The molecule has 0 amide bonds. The molecule has 0 fully saturated rings. The molecule has 0 bridgehead atoms. The molecule has 3 nitrogen and oxygen atoms in total. The van der Waals surface area contributed by atoms with Crippen molar-refractivity contribution >= 4 is 0 Å². The van der Waals surface area contributed by atoms with Gasteiger partial charge in [0.1, 0.15) is 6.10 Å². The summed E-state index contributed by atoms with van der Waals surface area (Å²) >= 11 is 0. The van der Waals surface area contributed by atoms with Gasteiger partial charge >= 0.3 is 0 Å². The van der Waals surface area contributed by atoms with E-state index < -0.39 is 12.4 Å². The summed E-state index contributed by atoms with van der Waals surface area (Å²) in [6.07, 6.45) is 0.756. The highest BCUT2D eigenvalue weighted by atomic mass is 16.7. The van der Waals surface area contributed by atoms with Crippen LogP contribution in [-0.2, 0) is 15.9 Å². The van der Waals surface area contributed by atoms with Gasteiger partial charge in [0, 0.05) is 14.2 Å². The fourth-order valence-corrected chi connectivity index (χ4v) is 1.73. The van der Waals surface area contributed by atoms with Gasteiger partial charge < -0.3 is 14.6 Å². The average molecular weight is 224 g/mol. The number of rotatable bonds is 6. The lowest BCUT2D eigenvalue weighted by Gasteiger charge is -2.20. The van der Waals surface area contributed by atoms with E-state index in [4.69, 9.17) is 9.47 Å². The van der Waals surface area contributed by atoms with Crippen LogP contribution in [0.25, 0.3) is 0 Å². The fraction of sp³-hybridized carbons (Fsp3) is 0.538. The first-order valence-electron chi connectivity index (χ1n) is 5.55. The number of aryl methyl sites for hydroxylation is 1. The van der Waals surface area contributed by atoms with E-state index in [-0.39, 0.29) is 0 Å². The Morgan fingerprint density at radius 3 is 2.50 bits per heavy atom. The molecule has 16 heavy (non-hydrogen) atoms. The zero-order chi connectivity index (χ0) is 12.0. The van der Waals surface area contributed by atoms with Gasteiger partial charge in [-0.3, -0.25) is 0 Å². The van der Waals surface area contributed by atoms with Crippen LogP contribution in [0, 0.1) is 0 Å². The molecule has 0 aliphatic rings. The van der Waals surface area contributed by atoms with Crippen molar-refractivity contribution in [2.75, 3.05) is 14.2 Å². The van der Waals surface area contributed by atoms with Gasteiger partial charge in [0.15, 0.2) is 6.29 Å². The molecule has 1 aromatic rings. The maximum absolute atomic E-state index is 10.0. The molecule has 1 N–H and O–H groups in total. The second kappa shape index (κ2) is 6.63. The molecule has 0 aromatic heterocycles. The standard InChI is InChI=1S/C13H20O3/c1-4-6-10-7-5-8-11(9-10)12(14)13(15-2)16-3/h5,7-9,12-14H,4,6H2,1-3H3. The topological polar surface area (TPSA) is 38.7 Å². The molecule has 1 aromatic carbocycles. The molecule has 90 valence electrons. The summed E-state index contributed by atoms with van der Waals surface area (Å²) in [6, 6.07) is 7.90. The fourth-order valence-electron chi connectivity index (χ4n) is 1.73. The van der Waals surface area contributed by atoms with Gasteiger partial charge in [0.2, 0.25) is 0 Å². The molecule has 0 spiro atoms. The summed E-state index contributed by atoms with van der Waals surface area (Å²) in [4.78, 5) is 0. The molecule has 1 unspecified atom stereocenters. The molecular formula is C13H20O3. The van der Waals surface area contributed by atoms with Crippen LogP contribution < -0.4 is 0 Å². The summed E-state index contributed by atoms with van der Waals surface area (Å²) in [5.74, 6) is 0. The van der Waals surface area contributed by atoms with Crippen LogP contribution in [0.1, 0.15) is 30.6 Å². The number of aliphatic hydroxyl groups is 1. The molecule has 0 radical (unpaired) electrons. The predicted molar refractivity (Wildman–Crippen MR) is 63.2 cm³/mol. The van der Waals surface area contributed by atoms with Crippen LogP contribution in [0.5, 0.6) is 0 Å². The summed E-state index contributed by atoms with van der Waals surface area (Å²) < 4.78 is 10.1. The first kappa shape index (κ1) is 13.2. The number of methoxy groups -OCH3 is 2. The van der Waals surface area contributed by atoms with Crippen molar-refractivity contribution in [2.24, 2.45) is 0 Å². The Labute approximate surface area is 97.0 Å². The molecule has 1 rings (SSSR count). The maximum atomic E-state index is 10.0. The van der Waals surface area contributed by atoms with Crippen molar-refractivity contribution < 1.29 is 14.6 Å². The second-order valence-corrected chi connectivity index (χ2v) is 3.78. The minimum atomic E-state index is -0.744. The van der Waals surface area contributed by atoms with Crippen LogP contribution >= 0.6 is 0 Å². The lowest BCUT2D eigenvalue weighted by molar-refractivity contribution is -0.166. The minimum absolute atomic E-state index is 0.614. The van der Waals surface area contributed by atoms with Gasteiger partial charge in [-0.05, 0) is 17.5 Å². The number of ether oxygens (including phenoxy) is 2. The normalized spacial score (nSPS) is 13.1. The number of hydrogen-bond acceptors (Lipinski definition) is 3. The maximum Gasteiger partial charge on any atom is 0.187 e. The monoisotopic (exact) mass is 224 g/mol. The first-order chi connectivity index (χ1) is 7.72. The Morgan fingerprint density at radius 1 is 1.25 bits per heavy atom. The lowest BCUT2D eigenvalue weighted by atomic mass is 10.0. The molecule has 0 saturated heterocycles. The minimum Gasteiger partial charge on any atom is -0.383 e. The van der Waals surface area contributed by atoms with Gasteiger partial charge in [-0.25, -0.2) is 0 Å². The molecule has 0 aliphatic carbocycles. The van der Waals surface area contributed by atoms with Crippen LogP contribution in [-0.4, -0.2) is 25.6 Å². The highest BCUT2D eigenvalue weighted by Crippen LogP contribution is 2.20. The number of benzene rings is 1.